The summed E-state index contributed by atoms with van der Waals surface area (Å²) in [5.41, 5.74) is 1.94. The van der Waals surface area contributed by atoms with Crippen LogP contribution in [0, 0.1) is 0 Å². The van der Waals surface area contributed by atoms with E-state index in [4.69, 9.17) is 5.21 Å². The van der Waals surface area contributed by atoms with Crippen LogP contribution >= 0.6 is 15.9 Å². The highest BCUT2D eigenvalue weighted by Gasteiger charge is 1.93. The highest BCUT2D eigenvalue weighted by molar-refractivity contribution is 9.10. The Morgan fingerprint density at radius 3 is 2.89 bits per heavy atom. The molecule has 9 heavy (non-hydrogen) atoms. The van der Waals surface area contributed by atoms with E-state index in [9.17, 15) is 0 Å². The first-order valence-electron chi connectivity index (χ1n) is 2.35. The molecule has 48 valence electrons. The van der Waals surface area contributed by atoms with Crippen LogP contribution in [-0.4, -0.2) is 10.2 Å². The zero-order chi connectivity index (χ0) is 6.69. The average Bonchev–Trinajstić information content (AvgIpc) is 1.89. The maximum Gasteiger partial charge on any atom is 0.163 e. The third-order valence-corrected chi connectivity index (χ3v) is 1.50. The van der Waals surface area contributed by atoms with Gasteiger partial charge in [-0.2, -0.15) is 0 Å². The summed E-state index contributed by atoms with van der Waals surface area (Å²) in [5, 5.41) is 8.38. The van der Waals surface area contributed by atoms with E-state index in [1.54, 1.807) is 18.3 Å². The van der Waals surface area contributed by atoms with Crippen molar-refractivity contribution in [1.82, 2.24) is 4.98 Å². The van der Waals surface area contributed by atoms with Gasteiger partial charge in [-0.15, -0.1) is 0 Å². The van der Waals surface area contributed by atoms with Gasteiger partial charge >= 0.3 is 0 Å². The summed E-state index contributed by atoms with van der Waals surface area (Å²) in [7, 11) is 0. The minimum Gasteiger partial charge on any atom is -0.290 e. The summed E-state index contributed by atoms with van der Waals surface area (Å²) in [6, 6.07) is 3.55. The summed E-state index contributed by atoms with van der Waals surface area (Å²) in [6.07, 6.45) is 1.59. The summed E-state index contributed by atoms with van der Waals surface area (Å²) >= 11 is 3.17. The molecular weight excluding hydrogens is 184 g/mol. The van der Waals surface area contributed by atoms with Crippen LogP contribution in [-0.2, 0) is 0 Å². The molecule has 0 unspecified atom stereocenters. The van der Waals surface area contributed by atoms with Crippen LogP contribution in [0.15, 0.2) is 22.8 Å². The van der Waals surface area contributed by atoms with E-state index >= 15 is 0 Å². The molecule has 0 atom stereocenters. The number of rotatable bonds is 1. The molecule has 0 saturated carbocycles. The van der Waals surface area contributed by atoms with Gasteiger partial charge in [-0.1, -0.05) is 0 Å². The van der Waals surface area contributed by atoms with Crippen molar-refractivity contribution in [3.8, 4) is 0 Å². The van der Waals surface area contributed by atoms with Crippen LogP contribution in [0.5, 0.6) is 0 Å². The molecule has 3 nitrogen and oxygen atoms in total. The molecule has 1 heterocycles. The smallest absolute Gasteiger partial charge is 0.163 e. The summed E-state index contributed by atoms with van der Waals surface area (Å²) in [6.45, 7) is 0. The normalized spacial score (nSPS) is 9.11. The van der Waals surface area contributed by atoms with Gasteiger partial charge < -0.3 is 0 Å². The molecule has 0 aliphatic rings. The van der Waals surface area contributed by atoms with Crippen LogP contribution in [0.2, 0.25) is 0 Å². The van der Waals surface area contributed by atoms with Gasteiger partial charge in [-0.05, 0) is 28.1 Å². The molecule has 0 fully saturated rings. The Kier molecular flexibility index (Phi) is 2.02. The van der Waals surface area contributed by atoms with Gasteiger partial charge in [0.2, 0.25) is 0 Å². The molecule has 2 N–H and O–H groups in total. The first-order valence-corrected chi connectivity index (χ1v) is 3.14. The predicted molar refractivity (Wildman–Crippen MR) is 37.3 cm³/mol. The molecule has 0 aliphatic carbocycles. The predicted octanol–water partition coefficient (Wildman–Crippen LogP) is 1.65. The molecule has 0 radical (unpaired) electrons. The van der Waals surface area contributed by atoms with E-state index in [2.05, 4.69) is 20.9 Å². The van der Waals surface area contributed by atoms with Crippen LogP contribution in [0.4, 0.5) is 5.82 Å². The Balaban J connectivity index is 3.01. The lowest BCUT2D eigenvalue weighted by molar-refractivity contribution is 0.385. The number of hydrogen-bond acceptors (Lipinski definition) is 3. The summed E-state index contributed by atoms with van der Waals surface area (Å²) in [5.74, 6) is 0.428. The standard InChI is InChI=1S/C5H5BrN2O/c6-4-2-1-3-7-5(4)8-9/h1-3,9H,(H,7,8). The van der Waals surface area contributed by atoms with Crippen LogP contribution in [0.1, 0.15) is 0 Å². The van der Waals surface area contributed by atoms with E-state index in [-0.39, 0.29) is 0 Å². The van der Waals surface area contributed by atoms with Gasteiger partial charge in [-0.3, -0.25) is 10.7 Å². The third kappa shape index (κ3) is 1.40. The van der Waals surface area contributed by atoms with E-state index in [0.717, 1.165) is 4.47 Å². The lowest BCUT2D eigenvalue weighted by Gasteiger charge is -1.96. The molecule has 4 heteroatoms. The number of aromatic nitrogens is 1. The Hall–Kier alpha value is -0.610. The molecule has 1 rings (SSSR count). The highest BCUT2D eigenvalue weighted by atomic mass is 79.9. The Bertz CT molecular complexity index is 204. The van der Waals surface area contributed by atoms with Gasteiger partial charge in [0.15, 0.2) is 5.82 Å². The second-order valence-corrected chi connectivity index (χ2v) is 2.30. The summed E-state index contributed by atoms with van der Waals surface area (Å²) < 4.78 is 0.743. The SMILES string of the molecule is ONc1ncccc1Br. The molecule has 0 aromatic carbocycles. The molecule has 0 amide bonds. The minimum atomic E-state index is 0.428. The second kappa shape index (κ2) is 2.80. The maximum atomic E-state index is 8.38. The number of anilines is 1. The Morgan fingerprint density at radius 1 is 1.67 bits per heavy atom. The monoisotopic (exact) mass is 188 g/mol. The molecular formula is C5H5BrN2O. The molecule has 0 aliphatic heterocycles. The third-order valence-electron chi connectivity index (χ3n) is 0.864. The summed E-state index contributed by atoms with van der Waals surface area (Å²) in [4.78, 5) is 3.79. The first-order chi connectivity index (χ1) is 4.34. The number of pyridine rings is 1. The number of nitrogens with one attached hydrogen (secondary N) is 1. The Labute approximate surface area is 60.8 Å². The van der Waals surface area contributed by atoms with E-state index < -0.39 is 0 Å². The van der Waals surface area contributed by atoms with Crippen molar-refractivity contribution in [2.75, 3.05) is 5.48 Å². The molecule has 0 spiro atoms. The van der Waals surface area contributed by atoms with Gasteiger partial charge in [0.05, 0.1) is 4.47 Å². The van der Waals surface area contributed by atoms with E-state index in [0.29, 0.717) is 5.82 Å². The number of halogens is 1. The fourth-order valence-corrected chi connectivity index (χ4v) is 0.812. The minimum absolute atomic E-state index is 0.428. The van der Waals surface area contributed by atoms with Crippen molar-refractivity contribution in [2.45, 2.75) is 0 Å². The topological polar surface area (TPSA) is 45.1 Å². The largest absolute Gasteiger partial charge is 0.290 e. The zero-order valence-corrected chi connectivity index (χ0v) is 6.09. The van der Waals surface area contributed by atoms with Crippen molar-refractivity contribution in [3.05, 3.63) is 22.8 Å². The van der Waals surface area contributed by atoms with Crippen molar-refractivity contribution >= 4 is 21.7 Å². The molecule has 1 aromatic heterocycles. The van der Waals surface area contributed by atoms with Crippen molar-refractivity contribution < 1.29 is 5.21 Å². The average molecular weight is 189 g/mol. The first kappa shape index (κ1) is 6.51. The van der Waals surface area contributed by atoms with Crippen molar-refractivity contribution in [3.63, 3.8) is 0 Å². The van der Waals surface area contributed by atoms with Crippen molar-refractivity contribution in [2.24, 2.45) is 0 Å². The van der Waals surface area contributed by atoms with Crippen LogP contribution in [0.25, 0.3) is 0 Å². The quantitative estimate of drug-likeness (QED) is 0.660. The molecule has 0 saturated heterocycles. The number of hydrogen-bond donors (Lipinski definition) is 2. The van der Waals surface area contributed by atoms with E-state index in [1.165, 1.54) is 0 Å². The Morgan fingerprint density at radius 2 is 2.44 bits per heavy atom. The van der Waals surface area contributed by atoms with Crippen LogP contribution in [0.3, 0.4) is 0 Å². The highest BCUT2D eigenvalue weighted by Crippen LogP contribution is 2.16. The number of nitrogens with zero attached hydrogens (tertiary/aromatic N) is 1. The molecule has 0 bridgehead atoms. The van der Waals surface area contributed by atoms with Gasteiger partial charge in [-0.25, -0.2) is 4.98 Å². The van der Waals surface area contributed by atoms with Gasteiger partial charge in [0.1, 0.15) is 0 Å². The van der Waals surface area contributed by atoms with Crippen LogP contribution < -0.4 is 5.48 Å². The lowest BCUT2D eigenvalue weighted by atomic mass is 10.5. The fraction of sp³-hybridized carbons (Fsp3) is 0. The van der Waals surface area contributed by atoms with Crippen molar-refractivity contribution in [1.29, 1.82) is 0 Å². The van der Waals surface area contributed by atoms with Gasteiger partial charge in [0.25, 0.3) is 0 Å². The maximum absolute atomic E-state index is 8.38. The molecule has 1 aromatic rings. The second-order valence-electron chi connectivity index (χ2n) is 1.45. The van der Waals surface area contributed by atoms with E-state index in [1.807, 2.05) is 5.48 Å². The fourth-order valence-electron chi connectivity index (χ4n) is 0.468. The zero-order valence-electron chi connectivity index (χ0n) is 4.50. The lowest BCUT2D eigenvalue weighted by Crippen LogP contribution is -1.92. The van der Waals surface area contributed by atoms with Gasteiger partial charge in [0, 0.05) is 6.20 Å².